The van der Waals surface area contributed by atoms with Crippen LogP contribution in [0, 0.1) is 0 Å². The number of nitrogens with two attached hydrogens (primary N) is 1. The lowest BCUT2D eigenvalue weighted by Gasteiger charge is -2.16. The molecule has 1 aromatic carbocycles. The van der Waals surface area contributed by atoms with Crippen LogP contribution in [0.4, 0.5) is 5.82 Å². The van der Waals surface area contributed by atoms with Gasteiger partial charge in [0, 0.05) is 5.56 Å². The van der Waals surface area contributed by atoms with E-state index >= 15 is 0 Å². The first-order valence-electron chi connectivity index (χ1n) is 8.57. The van der Waals surface area contributed by atoms with Gasteiger partial charge in [-0.2, -0.15) is 0 Å². The standard InChI is InChI=1S/C19H17N3O7/c1-26-11-6-5-10-12(15(11)27-2)18(24)29-14(10)13-16(20)22(19(25)21-17(13)23)8-9-4-3-7-28-9/h3-7,14H,8,20H2,1-2H3,(H,21,23,25). The van der Waals surface area contributed by atoms with Crippen LogP contribution in [0.2, 0.25) is 0 Å². The Bertz CT molecular complexity index is 1210. The summed E-state index contributed by atoms with van der Waals surface area (Å²) in [6.45, 7) is 0.000897. The zero-order valence-electron chi connectivity index (χ0n) is 15.6. The molecule has 0 bridgehead atoms. The second-order valence-corrected chi connectivity index (χ2v) is 6.27. The monoisotopic (exact) mass is 399 g/mol. The fourth-order valence-electron chi connectivity index (χ4n) is 3.39. The average molecular weight is 399 g/mol. The Hall–Kier alpha value is -3.95. The van der Waals surface area contributed by atoms with Crippen LogP contribution in [0.15, 0.2) is 44.5 Å². The fourth-order valence-corrected chi connectivity index (χ4v) is 3.39. The highest BCUT2D eigenvalue weighted by atomic mass is 16.6. The third-order valence-corrected chi connectivity index (χ3v) is 4.72. The molecule has 3 N–H and O–H groups in total. The van der Waals surface area contributed by atoms with Crippen LogP contribution in [-0.2, 0) is 11.3 Å². The van der Waals surface area contributed by atoms with E-state index in [9.17, 15) is 14.4 Å². The van der Waals surface area contributed by atoms with Gasteiger partial charge in [0.2, 0.25) is 0 Å². The molecule has 0 saturated carbocycles. The Morgan fingerprint density at radius 2 is 1.97 bits per heavy atom. The number of ether oxygens (including phenoxy) is 3. The Morgan fingerprint density at radius 1 is 1.17 bits per heavy atom. The lowest BCUT2D eigenvalue weighted by molar-refractivity contribution is 0.0452. The third kappa shape index (κ3) is 2.85. The number of anilines is 1. The number of cyclic esters (lactones) is 1. The molecule has 1 aliphatic heterocycles. The lowest BCUT2D eigenvalue weighted by atomic mass is 9.99. The molecule has 0 amide bonds. The van der Waals surface area contributed by atoms with Crippen molar-refractivity contribution in [1.82, 2.24) is 9.55 Å². The van der Waals surface area contributed by atoms with Crippen molar-refractivity contribution in [2.45, 2.75) is 12.6 Å². The molecule has 3 aromatic rings. The van der Waals surface area contributed by atoms with Gasteiger partial charge in [0.1, 0.15) is 22.7 Å². The maximum Gasteiger partial charge on any atom is 0.343 e. The van der Waals surface area contributed by atoms with E-state index in [1.165, 1.54) is 20.5 Å². The SMILES string of the molecule is COc1ccc2c(c1OC)C(=O)OC2c1c(N)n(Cc2ccco2)c(=O)[nH]c1=O. The first-order chi connectivity index (χ1) is 14.0. The highest BCUT2D eigenvalue weighted by Crippen LogP contribution is 2.44. The van der Waals surface area contributed by atoms with Crippen molar-refractivity contribution < 1.29 is 23.4 Å². The van der Waals surface area contributed by atoms with Crippen LogP contribution < -0.4 is 26.5 Å². The summed E-state index contributed by atoms with van der Waals surface area (Å²) in [5.74, 6) is 0.177. The zero-order valence-corrected chi connectivity index (χ0v) is 15.6. The highest BCUT2D eigenvalue weighted by Gasteiger charge is 2.39. The Kier molecular flexibility index (Phi) is 4.38. The number of furan rings is 1. The number of methoxy groups -OCH3 is 2. The summed E-state index contributed by atoms with van der Waals surface area (Å²) in [5.41, 5.74) is 5.17. The number of fused-ring (bicyclic) bond motifs is 1. The van der Waals surface area contributed by atoms with Gasteiger partial charge in [0.25, 0.3) is 5.56 Å². The number of carbonyl (C=O) groups is 1. The van der Waals surface area contributed by atoms with Crippen molar-refractivity contribution in [3.8, 4) is 11.5 Å². The van der Waals surface area contributed by atoms with Gasteiger partial charge in [0.15, 0.2) is 17.6 Å². The maximum absolute atomic E-state index is 12.6. The summed E-state index contributed by atoms with van der Waals surface area (Å²) in [4.78, 5) is 39.6. The number of benzene rings is 1. The number of nitrogens with zero attached hydrogens (tertiary/aromatic N) is 1. The Morgan fingerprint density at radius 3 is 2.62 bits per heavy atom. The first-order valence-corrected chi connectivity index (χ1v) is 8.57. The van der Waals surface area contributed by atoms with Crippen molar-refractivity contribution in [3.05, 3.63) is 73.8 Å². The minimum absolute atomic E-state index is 0.000897. The van der Waals surface area contributed by atoms with Gasteiger partial charge in [-0.25, -0.2) is 9.59 Å². The topological polar surface area (TPSA) is 139 Å². The van der Waals surface area contributed by atoms with Gasteiger partial charge in [-0.05, 0) is 18.2 Å². The minimum Gasteiger partial charge on any atom is -0.493 e. The second-order valence-electron chi connectivity index (χ2n) is 6.27. The quantitative estimate of drug-likeness (QED) is 0.607. The molecule has 10 nitrogen and oxygen atoms in total. The van der Waals surface area contributed by atoms with E-state index in [1.54, 1.807) is 24.3 Å². The summed E-state index contributed by atoms with van der Waals surface area (Å²) in [6, 6.07) is 6.51. The number of aromatic amines is 1. The normalized spacial score (nSPS) is 15.1. The molecule has 0 aliphatic carbocycles. The van der Waals surface area contributed by atoms with Gasteiger partial charge in [-0.15, -0.1) is 0 Å². The highest BCUT2D eigenvalue weighted by molar-refractivity contribution is 5.98. The summed E-state index contributed by atoms with van der Waals surface area (Å²) in [6.07, 6.45) is 0.349. The second kappa shape index (κ2) is 6.89. The van der Waals surface area contributed by atoms with Crippen LogP contribution in [0.25, 0.3) is 0 Å². The minimum atomic E-state index is -1.11. The molecular formula is C19H17N3O7. The average Bonchev–Trinajstić information content (AvgIpc) is 3.32. The summed E-state index contributed by atoms with van der Waals surface area (Å²) in [5, 5.41) is 0. The first kappa shape index (κ1) is 18.4. The molecule has 0 fully saturated rings. The van der Waals surface area contributed by atoms with Crippen molar-refractivity contribution in [1.29, 1.82) is 0 Å². The van der Waals surface area contributed by atoms with Gasteiger partial charge in [-0.3, -0.25) is 14.3 Å². The molecule has 0 spiro atoms. The van der Waals surface area contributed by atoms with Crippen LogP contribution in [0.1, 0.15) is 33.3 Å². The number of H-pyrrole nitrogens is 1. The fraction of sp³-hybridized carbons (Fsp3) is 0.211. The van der Waals surface area contributed by atoms with Crippen molar-refractivity contribution in [2.24, 2.45) is 0 Å². The molecular weight excluding hydrogens is 382 g/mol. The van der Waals surface area contributed by atoms with E-state index in [2.05, 4.69) is 4.98 Å². The summed E-state index contributed by atoms with van der Waals surface area (Å²) in [7, 11) is 2.83. The molecule has 3 heterocycles. The molecule has 1 atom stereocenters. The van der Waals surface area contributed by atoms with E-state index in [4.69, 9.17) is 24.4 Å². The van der Waals surface area contributed by atoms with Crippen LogP contribution >= 0.6 is 0 Å². The number of hydrogen-bond donors (Lipinski definition) is 2. The summed E-state index contributed by atoms with van der Waals surface area (Å²) >= 11 is 0. The van der Waals surface area contributed by atoms with Crippen molar-refractivity contribution >= 4 is 11.8 Å². The molecule has 29 heavy (non-hydrogen) atoms. The predicted octanol–water partition coefficient (Wildman–Crippen LogP) is 1.04. The number of rotatable bonds is 5. The number of nitrogen functional groups attached to an aromatic ring is 1. The molecule has 1 unspecified atom stereocenters. The third-order valence-electron chi connectivity index (χ3n) is 4.72. The Labute approximate surface area is 163 Å². The van der Waals surface area contributed by atoms with E-state index in [0.29, 0.717) is 17.1 Å². The predicted molar refractivity (Wildman–Crippen MR) is 100 cm³/mol. The maximum atomic E-state index is 12.6. The zero-order chi connectivity index (χ0) is 20.7. The van der Waals surface area contributed by atoms with E-state index in [-0.39, 0.29) is 29.2 Å². The van der Waals surface area contributed by atoms with E-state index in [0.717, 1.165) is 4.57 Å². The molecule has 0 saturated heterocycles. The van der Waals surface area contributed by atoms with E-state index in [1.807, 2.05) is 0 Å². The number of esters is 1. The number of nitrogens with one attached hydrogen (secondary N) is 1. The van der Waals surface area contributed by atoms with Gasteiger partial charge < -0.3 is 24.4 Å². The molecule has 150 valence electrons. The van der Waals surface area contributed by atoms with Gasteiger partial charge in [0.05, 0.1) is 27.0 Å². The Balaban J connectivity index is 1.89. The van der Waals surface area contributed by atoms with E-state index < -0.39 is 23.3 Å². The van der Waals surface area contributed by atoms with Gasteiger partial charge in [-0.1, -0.05) is 6.07 Å². The smallest absolute Gasteiger partial charge is 0.343 e. The molecule has 1 aliphatic rings. The molecule has 4 rings (SSSR count). The van der Waals surface area contributed by atoms with Crippen molar-refractivity contribution in [3.63, 3.8) is 0 Å². The largest absolute Gasteiger partial charge is 0.493 e. The molecule has 10 heteroatoms. The number of aromatic nitrogens is 2. The molecule has 0 radical (unpaired) electrons. The van der Waals surface area contributed by atoms with Gasteiger partial charge >= 0.3 is 11.7 Å². The lowest BCUT2D eigenvalue weighted by Crippen LogP contribution is -2.36. The number of carbonyl (C=O) groups excluding carboxylic acids is 1. The summed E-state index contributed by atoms with van der Waals surface area (Å²) < 4.78 is 22.3. The number of hydrogen-bond acceptors (Lipinski definition) is 8. The van der Waals surface area contributed by atoms with Crippen LogP contribution in [0.5, 0.6) is 11.5 Å². The van der Waals surface area contributed by atoms with Crippen molar-refractivity contribution in [2.75, 3.05) is 20.0 Å². The van der Waals surface area contributed by atoms with Crippen LogP contribution in [0.3, 0.4) is 0 Å². The molecule has 2 aromatic heterocycles. The van der Waals surface area contributed by atoms with Crippen LogP contribution in [-0.4, -0.2) is 29.7 Å².